The van der Waals surface area contributed by atoms with E-state index < -0.39 is 0 Å². The summed E-state index contributed by atoms with van der Waals surface area (Å²) in [5.74, 6) is 0.804. The summed E-state index contributed by atoms with van der Waals surface area (Å²) < 4.78 is 7.69. The minimum absolute atomic E-state index is 0.00688. The lowest BCUT2D eigenvalue weighted by atomic mass is 10.2. The Balaban J connectivity index is 1.67. The summed E-state index contributed by atoms with van der Waals surface area (Å²) in [5.41, 5.74) is 2.62. The monoisotopic (exact) mass is 355 g/mol. The molecule has 0 spiro atoms. The first-order chi connectivity index (χ1) is 12.1. The van der Waals surface area contributed by atoms with E-state index in [0.29, 0.717) is 18.7 Å². The summed E-state index contributed by atoms with van der Waals surface area (Å²) in [5, 5.41) is 2.81. The predicted octanol–water partition coefficient (Wildman–Crippen LogP) is 3.70. The van der Waals surface area contributed by atoms with Gasteiger partial charge in [-0.25, -0.2) is 4.98 Å². The summed E-state index contributed by atoms with van der Waals surface area (Å²) in [6, 6.07) is 11.5. The Kier molecular flexibility index (Phi) is 5.19. The van der Waals surface area contributed by atoms with Gasteiger partial charge in [-0.2, -0.15) is 0 Å². The van der Waals surface area contributed by atoms with Crippen LogP contribution in [0.25, 0.3) is 5.13 Å². The maximum absolute atomic E-state index is 12.8. The smallest absolute Gasteiger partial charge is 0.255 e. The molecule has 0 aliphatic carbocycles. The van der Waals surface area contributed by atoms with Crippen molar-refractivity contribution in [1.29, 1.82) is 0 Å². The average molecular weight is 355 g/mol. The zero-order valence-corrected chi connectivity index (χ0v) is 15.4. The number of carbonyl (C=O) groups excluding carboxylic acids is 1. The van der Waals surface area contributed by atoms with E-state index >= 15 is 0 Å². The molecule has 1 aromatic carbocycles. The number of hydrogen-bond acceptors (Lipinski definition) is 4. The van der Waals surface area contributed by atoms with Crippen LogP contribution < -0.4 is 4.74 Å². The van der Waals surface area contributed by atoms with E-state index in [-0.39, 0.29) is 5.91 Å². The number of nitrogens with zero attached hydrogens (tertiary/aromatic N) is 3. The largest absolute Gasteiger partial charge is 0.492 e. The number of aryl methyl sites for hydroxylation is 1. The van der Waals surface area contributed by atoms with Crippen molar-refractivity contribution in [1.82, 2.24) is 14.5 Å². The second kappa shape index (κ2) is 7.53. The molecule has 5 nitrogen and oxygen atoms in total. The summed E-state index contributed by atoms with van der Waals surface area (Å²) >= 11 is 1.56. The van der Waals surface area contributed by atoms with Gasteiger partial charge in [-0.1, -0.05) is 18.2 Å². The van der Waals surface area contributed by atoms with Crippen LogP contribution in [-0.2, 0) is 0 Å². The average Bonchev–Trinajstić information content (AvgIpc) is 3.23. The van der Waals surface area contributed by atoms with E-state index in [1.165, 1.54) is 0 Å². The van der Waals surface area contributed by atoms with E-state index in [4.69, 9.17) is 4.74 Å². The molecule has 0 fully saturated rings. The first-order valence-corrected chi connectivity index (χ1v) is 8.98. The number of rotatable bonds is 6. The second-order valence-electron chi connectivity index (χ2n) is 5.82. The highest BCUT2D eigenvalue weighted by Gasteiger charge is 2.20. The highest BCUT2D eigenvalue weighted by atomic mass is 32.1. The Hall–Kier alpha value is -2.60. The van der Waals surface area contributed by atoms with Gasteiger partial charge in [0.2, 0.25) is 0 Å². The van der Waals surface area contributed by atoms with Crippen molar-refractivity contribution < 1.29 is 9.53 Å². The van der Waals surface area contributed by atoms with E-state index in [1.54, 1.807) is 29.5 Å². The van der Waals surface area contributed by atoms with E-state index in [1.807, 2.05) is 60.2 Å². The molecule has 0 N–H and O–H groups in total. The quantitative estimate of drug-likeness (QED) is 0.677. The Labute approximate surface area is 151 Å². The van der Waals surface area contributed by atoms with Crippen LogP contribution in [0.1, 0.15) is 21.7 Å². The minimum Gasteiger partial charge on any atom is -0.492 e. The van der Waals surface area contributed by atoms with Crippen molar-refractivity contribution >= 4 is 17.2 Å². The van der Waals surface area contributed by atoms with Crippen LogP contribution in [0.5, 0.6) is 5.75 Å². The van der Waals surface area contributed by atoms with Gasteiger partial charge in [-0.05, 0) is 32.0 Å². The lowest BCUT2D eigenvalue weighted by molar-refractivity contribution is 0.0773. The molecule has 3 rings (SSSR count). The van der Waals surface area contributed by atoms with Crippen LogP contribution in [0.3, 0.4) is 0 Å². The van der Waals surface area contributed by atoms with Gasteiger partial charge in [0.15, 0.2) is 5.13 Å². The fraction of sp³-hybridized carbons (Fsp3) is 0.263. The molecule has 2 heterocycles. The standard InChI is InChI=1S/C19H21N3O2S/c1-14-13-17(15(2)22(14)19-20-9-12-25-19)18(23)21(3)10-11-24-16-7-5-4-6-8-16/h4-9,12-13H,10-11H2,1-3H3. The van der Waals surface area contributed by atoms with Gasteiger partial charge in [-0.15, -0.1) is 11.3 Å². The van der Waals surface area contributed by atoms with Crippen molar-refractivity contribution in [3.63, 3.8) is 0 Å². The molecule has 25 heavy (non-hydrogen) atoms. The number of benzene rings is 1. The Morgan fingerprint density at radius 3 is 2.72 bits per heavy atom. The number of thiazole rings is 1. The lowest BCUT2D eigenvalue weighted by Crippen LogP contribution is -2.31. The predicted molar refractivity (Wildman–Crippen MR) is 99.8 cm³/mol. The highest BCUT2D eigenvalue weighted by molar-refractivity contribution is 7.12. The Bertz CT molecular complexity index is 841. The summed E-state index contributed by atoms with van der Waals surface area (Å²) in [7, 11) is 1.80. The third-order valence-corrected chi connectivity index (χ3v) is 4.81. The normalized spacial score (nSPS) is 10.7. The van der Waals surface area contributed by atoms with Gasteiger partial charge in [-0.3, -0.25) is 9.36 Å². The van der Waals surface area contributed by atoms with Gasteiger partial charge < -0.3 is 9.64 Å². The molecular formula is C19H21N3O2S. The molecule has 0 atom stereocenters. The molecule has 0 bridgehead atoms. The van der Waals surface area contributed by atoms with Crippen LogP contribution in [-0.4, -0.2) is 40.6 Å². The van der Waals surface area contributed by atoms with Gasteiger partial charge in [0.05, 0.1) is 12.1 Å². The third kappa shape index (κ3) is 3.74. The number of hydrogen-bond donors (Lipinski definition) is 0. The SMILES string of the molecule is Cc1cc(C(=O)N(C)CCOc2ccccc2)c(C)n1-c1nccs1. The molecule has 0 unspecified atom stereocenters. The molecule has 6 heteroatoms. The third-order valence-electron chi connectivity index (χ3n) is 4.06. The number of para-hydroxylation sites is 1. The molecule has 0 aliphatic heterocycles. The molecule has 0 saturated carbocycles. The van der Waals surface area contributed by atoms with Crippen LogP contribution in [0.4, 0.5) is 0 Å². The Morgan fingerprint density at radius 1 is 1.28 bits per heavy atom. The molecule has 1 amide bonds. The molecule has 3 aromatic rings. The summed E-state index contributed by atoms with van der Waals surface area (Å²) in [6.45, 7) is 4.92. The fourth-order valence-electron chi connectivity index (χ4n) is 2.72. The first kappa shape index (κ1) is 17.2. The van der Waals surface area contributed by atoms with Gasteiger partial charge in [0.1, 0.15) is 12.4 Å². The molecule has 0 aliphatic rings. The summed E-state index contributed by atoms with van der Waals surface area (Å²) in [4.78, 5) is 18.8. The first-order valence-electron chi connectivity index (χ1n) is 8.10. The molecule has 130 valence electrons. The number of likely N-dealkylation sites (N-methyl/N-ethyl adjacent to an activating group) is 1. The van der Waals surface area contributed by atoms with Crippen molar-refractivity contribution in [2.75, 3.05) is 20.2 Å². The maximum atomic E-state index is 12.8. The second-order valence-corrected chi connectivity index (χ2v) is 6.70. The van der Waals surface area contributed by atoms with Crippen molar-refractivity contribution in [2.24, 2.45) is 0 Å². The topological polar surface area (TPSA) is 47.4 Å². The number of aromatic nitrogens is 2. The van der Waals surface area contributed by atoms with Gasteiger partial charge in [0, 0.05) is 30.0 Å². The van der Waals surface area contributed by atoms with Crippen LogP contribution >= 0.6 is 11.3 Å². The van der Waals surface area contributed by atoms with Gasteiger partial charge >= 0.3 is 0 Å². The molecule has 2 aromatic heterocycles. The Morgan fingerprint density at radius 2 is 2.04 bits per heavy atom. The molecule has 0 radical (unpaired) electrons. The van der Waals surface area contributed by atoms with E-state index in [0.717, 1.165) is 22.3 Å². The van der Waals surface area contributed by atoms with Crippen molar-refractivity contribution in [3.05, 3.63) is 64.9 Å². The van der Waals surface area contributed by atoms with Crippen LogP contribution in [0.15, 0.2) is 48.0 Å². The lowest BCUT2D eigenvalue weighted by Gasteiger charge is -2.17. The summed E-state index contributed by atoms with van der Waals surface area (Å²) in [6.07, 6.45) is 1.77. The number of ether oxygens (including phenoxy) is 1. The number of amides is 1. The van der Waals surface area contributed by atoms with E-state index in [9.17, 15) is 4.79 Å². The van der Waals surface area contributed by atoms with Crippen molar-refractivity contribution in [3.8, 4) is 10.9 Å². The zero-order chi connectivity index (χ0) is 17.8. The van der Waals surface area contributed by atoms with E-state index in [2.05, 4.69) is 4.98 Å². The fourth-order valence-corrected chi connectivity index (χ4v) is 3.48. The molecular weight excluding hydrogens is 334 g/mol. The maximum Gasteiger partial charge on any atom is 0.255 e. The van der Waals surface area contributed by atoms with Gasteiger partial charge in [0.25, 0.3) is 5.91 Å². The minimum atomic E-state index is -0.00688. The van der Waals surface area contributed by atoms with Crippen LogP contribution in [0, 0.1) is 13.8 Å². The molecule has 0 saturated heterocycles. The zero-order valence-electron chi connectivity index (χ0n) is 14.6. The van der Waals surface area contributed by atoms with Crippen LogP contribution in [0.2, 0.25) is 0 Å². The highest BCUT2D eigenvalue weighted by Crippen LogP contribution is 2.23. The number of carbonyl (C=O) groups is 1. The van der Waals surface area contributed by atoms with Crippen molar-refractivity contribution in [2.45, 2.75) is 13.8 Å².